The quantitative estimate of drug-likeness (QED) is 0.552. The molecule has 2 aliphatic rings. The topological polar surface area (TPSA) is 41.3 Å². The third-order valence-electron chi connectivity index (χ3n) is 5.51. The first-order valence-corrected chi connectivity index (χ1v) is 10.3. The number of hydrogen-bond acceptors (Lipinski definition) is 4. The molecule has 0 bridgehead atoms. The van der Waals surface area contributed by atoms with Gasteiger partial charge in [0.15, 0.2) is 5.89 Å². The van der Waals surface area contributed by atoms with Gasteiger partial charge < -0.3 is 14.6 Å². The molecule has 3 aromatic rings. The number of rotatable bonds is 5. The summed E-state index contributed by atoms with van der Waals surface area (Å²) in [5, 5.41) is 4.40. The van der Waals surface area contributed by atoms with E-state index in [4.69, 9.17) is 16.0 Å². The van der Waals surface area contributed by atoms with Gasteiger partial charge in [-0.15, -0.1) is 0 Å². The molecule has 2 heterocycles. The van der Waals surface area contributed by atoms with Crippen LogP contribution in [0.3, 0.4) is 0 Å². The van der Waals surface area contributed by atoms with Crippen LogP contribution in [0.4, 0.5) is 11.4 Å². The number of nitrogens with one attached hydrogen (secondary N) is 1. The molecule has 1 aliphatic heterocycles. The molecule has 0 saturated heterocycles. The maximum Gasteiger partial charge on any atom is 0.198 e. The van der Waals surface area contributed by atoms with Crippen molar-refractivity contribution in [3.63, 3.8) is 0 Å². The van der Waals surface area contributed by atoms with Crippen molar-refractivity contribution in [3.8, 4) is 0 Å². The van der Waals surface area contributed by atoms with Gasteiger partial charge in [0, 0.05) is 35.6 Å². The molecule has 29 heavy (non-hydrogen) atoms. The Kier molecular flexibility index (Phi) is 4.86. The zero-order valence-corrected chi connectivity index (χ0v) is 16.8. The molecule has 1 N–H and O–H groups in total. The summed E-state index contributed by atoms with van der Waals surface area (Å²) in [4.78, 5) is 6.48. The zero-order valence-electron chi connectivity index (χ0n) is 16.1. The summed E-state index contributed by atoms with van der Waals surface area (Å²) >= 11 is 6.22. The van der Waals surface area contributed by atoms with Crippen LogP contribution in [-0.4, -0.2) is 11.5 Å². The molecule has 5 rings (SSSR count). The maximum atomic E-state index is 6.22. The minimum absolute atomic E-state index is 0.702. The molecule has 1 aliphatic carbocycles. The van der Waals surface area contributed by atoms with Crippen molar-refractivity contribution >= 4 is 23.0 Å². The largest absolute Gasteiger partial charge is 0.449 e. The third-order valence-corrected chi connectivity index (χ3v) is 5.75. The third kappa shape index (κ3) is 3.94. The van der Waals surface area contributed by atoms with E-state index in [9.17, 15) is 0 Å². The van der Waals surface area contributed by atoms with E-state index in [0.29, 0.717) is 6.42 Å². The Balaban J connectivity index is 1.37. The molecular weight excluding hydrogens is 382 g/mol. The van der Waals surface area contributed by atoms with Crippen molar-refractivity contribution in [2.75, 3.05) is 16.8 Å². The fraction of sp³-hybridized carbons (Fsp3) is 0.208. The number of anilines is 2. The van der Waals surface area contributed by atoms with E-state index in [1.807, 2.05) is 18.2 Å². The highest BCUT2D eigenvalue weighted by Crippen LogP contribution is 2.37. The van der Waals surface area contributed by atoms with Gasteiger partial charge in [-0.1, -0.05) is 29.8 Å². The Hall–Kier alpha value is -2.98. The van der Waals surface area contributed by atoms with Gasteiger partial charge in [-0.05, 0) is 66.3 Å². The van der Waals surface area contributed by atoms with E-state index >= 15 is 0 Å². The first-order chi connectivity index (χ1) is 14.2. The number of oxazole rings is 1. The Morgan fingerprint density at radius 2 is 2.00 bits per heavy atom. The molecule has 0 spiro atoms. The summed E-state index contributed by atoms with van der Waals surface area (Å²) in [6.45, 7) is 0.940. The highest BCUT2D eigenvalue weighted by molar-refractivity contribution is 6.30. The number of benzene rings is 2. The lowest BCUT2D eigenvalue weighted by Crippen LogP contribution is -2.25. The minimum Gasteiger partial charge on any atom is -0.449 e. The maximum absolute atomic E-state index is 6.22. The van der Waals surface area contributed by atoms with E-state index in [0.717, 1.165) is 35.3 Å². The summed E-state index contributed by atoms with van der Waals surface area (Å²) in [5.74, 6) is 0.735. The van der Waals surface area contributed by atoms with E-state index in [2.05, 4.69) is 51.7 Å². The van der Waals surface area contributed by atoms with Crippen molar-refractivity contribution in [1.82, 2.24) is 4.98 Å². The number of aromatic nitrogens is 1. The highest BCUT2D eigenvalue weighted by atomic mass is 35.5. The van der Waals surface area contributed by atoms with Gasteiger partial charge in [0.1, 0.15) is 6.26 Å². The second-order valence-electron chi connectivity index (χ2n) is 7.51. The second kappa shape index (κ2) is 7.80. The van der Waals surface area contributed by atoms with Gasteiger partial charge in [0.2, 0.25) is 0 Å². The van der Waals surface area contributed by atoms with Crippen molar-refractivity contribution in [3.05, 3.63) is 101 Å². The molecule has 0 saturated carbocycles. The molecule has 0 amide bonds. The van der Waals surface area contributed by atoms with Crippen LogP contribution < -0.4 is 10.2 Å². The minimum atomic E-state index is 0.702. The summed E-state index contributed by atoms with van der Waals surface area (Å²) in [7, 11) is 0. The second-order valence-corrected chi connectivity index (χ2v) is 7.95. The van der Waals surface area contributed by atoms with E-state index < -0.39 is 0 Å². The number of hydrogen-bond donors (Lipinski definition) is 1. The molecule has 0 atom stereocenters. The summed E-state index contributed by atoms with van der Waals surface area (Å²) < 4.78 is 5.34. The fourth-order valence-corrected chi connectivity index (χ4v) is 4.28. The lowest BCUT2D eigenvalue weighted by atomic mass is 10.0. The molecular formula is C24H22ClN3O. The predicted molar refractivity (Wildman–Crippen MR) is 117 cm³/mol. The molecule has 0 radical (unpaired) electrons. The average Bonchev–Trinajstić information content (AvgIpc) is 3.41. The van der Waals surface area contributed by atoms with Crippen molar-refractivity contribution in [2.45, 2.75) is 25.7 Å². The SMILES string of the molecule is Clc1cccc(N2C=C(Nc3ccc(Cc4ncco4)cc3)C3=C(CCC3)C2)c1. The van der Waals surface area contributed by atoms with E-state index in [-0.39, 0.29) is 0 Å². The number of halogens is 1. The van der Waals surface area contributed by atoms with Crippen molar-refractivity contribution in [1.29, 1.82) is 0 Å². The molecule has 5 heteroatoms. The van der Waals surface area contributed by atoms with Crippen LogP contribution in [0.25, 0.3) is 0 Å². The Labute approximate surface area is 175 Å². The van der Waals surface area contributed by atoms with Crippen LogP contribution in [0.5, 0.6) is 0 Å². The normalized spacial score (nSPS) is 16.0. The highest BCUT2D eigenvalue weighted by Gasteiger charge is 2.25. The average molecular weight is 404 g/mol. The van der Waals surface area contributed by atoms with Crippen molar-refractivity contribution in [2.24, 2.45) is 0 Å². The molecule has 4 nitrogen and oxygen atoms in total. The Morgan fingerprint density at radius 3 is 2.79 bits per heavy atom. The molecule has 0 unspecified atom stereocenters. The van der Waals surface area contributed by atoms with Gasteiger partial charge in [0.05, 0.1) is 11.9 Å². The number of nitrogens with zero attached hydrogens (tertiary/aromatic N) is 2. The lowest BCUT2D eigenvalue weighted by molar-refractivity contribution is 0.507. The smallest absolute Gasteiger partial charge is 0.198 e. The molecule has 146 valence electrons. The van der Waals surface area contributed by atoms with Crippen LogP contribution in [0.2, 0.25) is 5.02 Å². The Morgan fingerprint density at radius 1 is 1.10 bits per heavy atom. The van der Waals surface area contributed by atoms with Gasteiger partial charge >= 0.3 is 0 Å². The van der Waals surface area contributed by atoms with Crippen LogP contribution in [0.1, 0.15) is 30.7 Å². The first-order valence-electron chi connectivity index (χ1n) is 9.94. The summed E-state index contributed by atoms with van der Waals surface area (Å²) in [6.07, 6.45) is 9.74. The fourth-order valence-electron chi connectivity index (χ4n) is 4.10. The van der Waals surface area contributed by atoms with Gasteiger partial charge in [-0.3, -0.25) is 0 Å². The molecule has 0 fully saturated rings. The number of allylic oxidation sites excluding steroid dienone is 1. The monoisotopic (exact) mass is 403 g/mol. The van der Waals surface area contributed by atoms with E-state index in [1.54, 1.807) is 12.5 Å². The zero-order chi connectivity index (χ0) is 19.6. The first kappa shape index (κ1) is 18.1. The van der Waals surface area contributed by atoms with Gasteiger partial charge in [-0.25, -0.2) is 4.98 Å². The van der Waals surface area contributed by atoms with E-state index in [1.165, 1.54) is 35.2 Å². The van der Waals surface area contributed by atoms with Gasteiger partial charge in [0.25, 0.3) is 0 Å². The molecule has 2 aromatic carbocycles. The van der Waals surface area contributed by atoms with Crippen LogP contribution >= 0.6 is 11.6 Å². The van der Waals surface area contributed by atoms with Gasteiger partial charge in [-0.2, -0.15) is 0 Å². The lowest BCUT2D eigenvalue weighted by Gasteiger charge is -2.29. The summed E-state index contributed by atoms with van der Waals surface area (Å²) in [5.41, 5.74) is 7.55. The summed E-state index contributed by atoms with van der Waals surface area (Å²) in [6, 6.07) is 16.5. The Bertz CT molecular complexity index is 1070. The van der Waals surface area contributed by atoms with Crippen molar-refractivity contribution < 1.29 is 4.42 Å². The van der Waals surface area contributed by atoms with Crippen LogP contribution in [-0.2, 0) is 6.42 Å². The van der Waals surface area contributed by atoms with Crippen LogP contribution in [0, 0.1) is 0 Å². The predicted octanol–water partition coefficient (Wildman–Crippen LogP) is 6.17. The standard InChI is InChI=1S/C24H22ClN3O/c25-19-4-2-5-21(14-19)28-15-18-3-1-6-22(18)23(16-28)27-20-9-7-17(8-10-20)13-24-26-11-12-29-24/h2,4-5,7-12,14,16,27H,1,3,6,13,15H2. The molecule has 1 aromatic heterocycles. The van der Waals surface area contributed by atoms with Crippen LogP contribution in [0.15, 0.2) is 88.5 Å².